The Hall–Kier alpha value is -2.37. The Kier molecular flexibility index (Phi) is 5.61. The lowest BCUT2D eigenvalue weighted by atomic mass is 9.73. The molecule has 0 saturated carbocycles. The topological polar surface area (TPSA) is 62.3 Å². The van der Waals surface area contributed by atoms with Crippen LogP contribution in [-0.2, 0) is 9.59 Å². The normalized spacial score (nSPS) is 20.2. The first-order chi connectivity index (χ1) is 14.6. The van der Waals surface area contributed by atoms with Crippen LogP contribution in [0.15, 0.2) is 47.9 Å². The van der Waals surface area contributed by atoms with Gasteiger partial charge in [0.2, 0.25) is 5.91 Å². The second kappa shape index (κ2) is 7.95. The molecule has 2 aliphatic rings. The van der Waals surface area contributed by atoms with Crippen molar-refractivity contribution in [3.63, 3.8) is 0 Å². The average Bonchev–Trinajstić information content (AvgIpc) is 2.80. The number of amides is 1. The molecule has 0 fully saturated rings. The van der Waals surface area contributed by atoms with Crippen LogP contribution in [0.25, 0.3) is 0 Å². The Balaban J connectivity index is 2.05. The lowest BCUT2D eigenvalue weighted by Gasteiger charge is -2.38. The molecule has 5 nitrogen and oxygen atoms in total. The molecule has 31 heavy (non-hydrogen) atoms. The third-order valence-corrected chi connectivity index (χ3v) is 6.35. The highest BCUT2D eigenvalue weighted by molar-refractivity contribution is 6.35. The highest BCUT2D eigenvalue weighted by Gasteiger charge is 2.44. The fourth-order valence-electron chi connectivity index (χ4n) is 4.43. The zero-order valence-electron chi connectivity index (χ0n) is 18.0. The van der Waals surface area contributed by atoms with E-state index in [2.05, 4.69) is 24.1 Å². The van der Waals surface area contributed by atoms with Gasteiger partial charge in [-0.1, -0.05) is 57.0 Å². The fourth-order valence-corrected chi connectivity index (χ4v) is 4.94. The molecule has 1 unspecified atom stereocenters. The van der Waals surface area contributed by atoms with Gasteiger partial charge < -0.3 is 5.32 Å². The molecule has 1 amide bonds. The summed E-state index contributed by atoms with van der Waals surface area (Å²) in [6.45, 7) is 7.85. The molecular weight excluding hydrogens is 433 g/mol. The molecule has 1 aliphatic carbocycles. The van der Waals surface area contributed by atoms with Crippen LogP contribution in [0.2, 0.25) is 10.0 Å². The van der Waals surface area contributed by atoms with Crippen LogP contribution in [0.4, 0.5) is 11.4 Å². The first kappa shape index (κ1) is 21.8. The monoisotopic (exact) mass is 457 g/mol. The maximum Gasteiger partial charge on any atom is 0.230 e. The van der Waals surface area contributed by atoms with Crippen LogP contribution < -0.4 is 10.2 Å². The first-order valence-corrected chi connectivity index (χ1v) is 11.1. The van der Waals surface area contributed by atoms with E-state index >= 15 is 0 Å². The predicted octanol–water partition coefficient (Wildman–Crippen LogP) is 6.19. The minimum atomic E-state index is -0.658. The number of Topliss-reactive ketones (excluding diaryl/α,β-unsaturated/α-hetero) is 1. The van der Waals surface area contributed by atoms with E-state index in [1.807, 2.05) is 13.8 Å². The molecule has 162 valence electrons. The maximum absolute atomic E-state index is 13.6. The van der Waals surface area contributed by atoms with Crippen LogP contribution in [0.5, 0.6) is 0 Å². The molecule has 1 aromatic heterocycles. The Bertz CT molecular complexity index is 1110. The Morgan fingerprint density at radius 2 is 1.97 bits per heavy atom. The molecule has 7 heteroatoms. The van der Waals surface area contributed by atoms with Crippen molar-refractivity contribution >= 4 is 46.3 Å². The standard InChI is InChI=1S/C24H25Cl2N3O2/c1-13(2)23(31)29-19-7-8-27-12-18(19)28-17-10-24(3,4)11-20(30)21(17)22(29)15-6-5-14(25)9-16(15)26/h5-9,12-13,22,28H,10-11H2,1-4H3. The van der Waals surface area contributed by atoms with E-state index in [1.165, 1.54) is 0 Å². The lowest BCUT2D eigenvalue weighted by molar-refractivity contribution is -0.122. The van der Waals surface area contributed by atoms with Crippen molar-refractivity contribution in [1.82, 2.24) is 4.98 Å². The van der Waals surface area contributed by atoms with E-state index in [-0.39, 0.29) is 23.0 Å². The van der Waals surface area contributed by atoms with Crippen LogP contribution in [0.1, 0.15) is 52.1 Å². The molecule has 1 aliphatic heterocycles. The Morgan fingerprint density at radius 3 is 2.65 bits per heavy atom. The third kappa shape index (κ3) is 3.97. The summed E-state index contributed by atoms with van der Waals surface area (Å²) in [7, 11) is 0. The minimum absolute atomic E-state index is 0.0112. The van der Waals surface area contributed by atoms with Gasteiger partial charge in [0, 0.05) is 39.9 Å². The summed E-state index contributed by atoms with van der Waals surface area (Å²) in [6.07, 6.45) is 4.41. The first-order valence-electron chi connectivity index (χ1n) is 10.3. The number of hydrogen-bond acceptors (Lipinski definition) is 4. The number of benzene rings is 1. The van der Waals surface area contributed by atoms with Gasteiger partial charge in [0.1, 0.15) is 0 Å². The molecule has 4 rings (SSSR count). The number of allylic oxidation sites excluding steroid dienone is 1. The summed E-state index contributed by atoms with van der Waals surface area (Å²) in [4.78, 5) is 33.0. The number of aromatic nitrogens is 1. The number of rotatable bonds is 2. The fraction of sp³-hybridized carbons (Fsp3) is 0.375. The molecule has 0 saturated heterocycles. The van der Waals surface area contributed by atoms with Crippen LogP contribution in [0, 0.1) is 11.3 Å². The molecule has 1 N–H and O–H groups in total. The van der Waals surface area contributed by atoms with E-state index in [9.17, 15) is 9.59 Å². The molecule has 0 radical (unpaired) electrons. The SMILES string of the molecule is CC(C)C(=O)N1c2ccncc2NC2=C(C(=O)CC(C)(C)C2)C1c1ccc(Cl)cc1Cl. The van der Waals surface area contributed by atoms with Crippen molar-refractivity contribution in [2.75, 3.05) is 10.2 Å². The maximum atomic E-state index is 13.6. The van der Waals surface area contributed by atoms with Gasteiger partial charge in [0.15, 0.2) is 5.78 Å². The number of nitrogens with zero attached hydrogens (tertiary/aromatic N) is 2. The minimum Gasteiger partial charge on any atom is -0.356 e. The van der Waals surface area contributed by atoms with E-state index in [0.29, 0.717) is 45.4 Å². The van der Waals surface area contributed by atoms with E-state index in [0.717, 1.165) is 5.70 Å². The summed E-state index contributed by atoms with van der Waals surface area (Å²) in [5, 5.41) is 4.35. The number of pyridine rings is 1. The van der Waals surface area contributed by atoms with Gasteiger partial charge >= 0.3 is 0 Å². The van der Waals surface area contributed by atoms with Crippen molar-refractivity contribution < 1.29 is 9.59 Å². The Morgan fingerprint density at radius 1 is 1.23 bits per heavy atom. The number of anilines is 2. The van der Waals surface area contributed by atoms with Gasteiger partial charge in [0.25, 0.3) is 0 Å². The summed E-state index contributed by atoms with van der Waals surface area (Å²) < 4.78 is 0. The average molecular weight is 458 g/mol. The van der Waals surface area contributed by atoms with Gasteiger partial charge in [-0.15, -0.1) is 0 Å². The summed E-state index contributed by atoms with van der Waals surface area (Å²) in [5.41, 5.74) is 3.23. The number of hydrogen-bond donors (Lipinski definition) is 1. The van der Waals surface area contributed by atoms with Crippen molar-refractivity contribution in [3.05, 3.63) is 63.5 Å². The van der Waals surface area contributed by atoms with Crippen molar-refractivity contribution in [2.24, 2.45) is 11.3 Å². The number of carbonyl (C=O) groups excluding carboxylic acids is 2. The van der Waals surface area contributed by atoms with E-state index in [4.69, 9.17) is 23.2 Å². The third-order valence-electron chi connectivity index (χ3n) is 5.78. The van der Waals surface area contributed by atoms with Gasteiger partial charge in [-0.25, -0.2) is 0 Å². The smallest absolute Gasteiger partial charge is 0.230 e. The summed E-state index contributed by atoms with van der Waals surface area (Å²) >= 11 is 12.8. The quantitative estimate of drug-likeness (QED) is 0.583. The van der Waals surface area contributed by atoms with E-state index in [1.54, 1.807) is 41.6 Å². The number of ketones is 1. The largest absolute Gasteiger partial charge is 0.356 e. The summed E-state index contributed by atoms with van der Waals surface area (Å²) in [5.74, 6) is -0.374. The van der Waals surface area contributed by atoms with Crippen LogP contribution in [0.3, 0.4) is 0 Å². The molecular formula is C24H25Cl2N3O2. The lowest BCUT2D eigenvalue weighted by Crippen LogP contribution is -2.41. The number of halogens is 2. The van der Waals surface area contributed by atoms with Crippen molar-refractivity contribution in [2.45, 2.75) is 46.6 Å². The van der Waals surface area contributed by atoms with Crippen molar-refractivity contribution in [1.29, 1.82) is 0 Å². The zero-order valence-corrected chi connectivity index (χ0v) is 19.5. The molecule has 0 spiro atoms. The predicted molar refractivity (Wildman–Crippen MR) is 124 cm³/mol. The number of carbonyl (C=O) groups is 2. The van der Waals surface area contributed by atoms with Crippen LogP contribution >= 0.6 is 23.2 Å². The highest BCUT2D eigenvalue weighted by Crippen LogP contribution is 2.49. The van der Waals surface area contributed by atoms with Gasteiger partial charge in [-0.2, -0.15) is 0 Å². The molecule has 1 atom stereocenters. The second-order valence-electron chi connectivity index (χ2n) is 9.28. The molecule has 2 aromatic rings. The van der Waals surface area contributed by atoms with Gasteiger partial charge in [-0.3, -0.25) is 19.5 Å². The molecule has 2 heterocycles. The van der Waals surface area contributed by atoms with Crippen molar-refractivity contribution in [3.8, 4) is 0 Å². The molecule has 1 aromatic carbocycles. The highest BCUT2D eigenvalue weighted by atomic mass is 35.5. The van der Waals surface area contributed by atoms with E-state index < -0.39 is 6.04 Å². The van der Waals surface area contributed by atoms with Gasteiger partial charge in [0.05, 0.1) is 23.6 Å². The number of nitrogens with one attached hydrogen (secondary N) is 1. The zero-order chi connectivity index (χ0) is 22.5. The number of fused-ring (bicyclic) bond motifs is 1. The molecule has 0 bridgehead atoms. The Labute approximate surface area is 192 Å². The van der Waals surface area contributed by atoms with Gasteiger partial charge in [-0.05, 0) is 35.6 Å². The summed E-state index contributed by atoms with van der Waals surface area (Å²) in [6, 6.07) is 6.34. The second-order valence-corrected chi connectivity index (χ2v) is 10.1. The van der Waals surface area contributed by atoms with Crippen LogP contribution in [-0.4, -0.2) is 16.7 Å².